The van der Waals surface area contributed by atoms with E-state index in [1.807, 2.05) is 24.3 Å². The number of nitrogens with zero attached hydrogens (tertiary/aromatic N) is 6. The molecule has 10 nitrogen and oxygen atoms in total. The molecular weight excluding hydrogens is 507 g/mol. The Morgan fingerprint density at radius 2 is 1.95 bits per heavy atom. The predicted octanol–water partition coefficient (Wildman–Crippen LogP) is 3.30. The highest BCUT2D eigenvalue weighted by molar-refractivity contribution is 7.89. The predicted molar refractivity (Wildman–Crippen MR) is 141 cm³/mol. The summed E-state index contributed by atoms with van der Waals surface area (Å²) in [5.41, 5.74) is 2.37. The van der Waals surface area contributed by atoms with Crippen molar-refractivity contribution in [3.8, 4) is 11.5 Å². The highest BCUT2D eigenvalue weighted by Crippen LogP contribution is 2.42. The normalized spacial score (nSPS) is 17.6. The number of hydrogen-bond donors (Lipinski definition) is 2. The number of tetrazole rings is 1. The molecule has 2 aliphatic carbocycles. The minimum absolute atomic E-state index is 0.0356. The van der Waals surface area contributed by atoms with E-state index in [9.17, 15) is 12.8 Å². The van der Waals surface area contributed by atoms with Crippen LogP contribution in [0.1, 0.15) is 49.4 Å². The maximum absolute atomic E-state index is 14.3. The van der Waals surface area contributed by atoms with E-state index in [0.717, 1.165) is 40.7 Å². The molecule has 12 heteroatoms. The summed E-state index contributed by atoms with van der Waals surface area (Å²) in [6, 6.07) is 7.62. The van der Waals surface area contributed by atoms with Crippen LogP contribution in [-0.4, -0.2) is 56.8 Å². The van der Waals surface area contributed by atoms with Crippen molar-refractivity contribution in [3.63, 3.8) is 0 Å². The second-order valence-electron chi connectivity index (χ2n) is 10.8. The number of hydrogen-bond acceptors (Lipinski definition) is 8. The van der Waals surface area contributed by atoms with Crippen LogP contribution in [0.4, 0.5) is 10.1 Å². The summed E-state index contributed by atoms with van der Waals surface area (Å²) in [7, 11) is -2.28. The summed E-state index contributed by atoms with van der Waals surface area (Å²) < 4.78 is 44.1. The second-order valence-corrected chi connectivity index (χ2v) is 12.5. The van der Waals surface area contributed by atoms with Crippen molar-refractivity contribution in [3.05, 3.63) is 53.5 Å². The number of anilines is 1. The zero-order chi connectivity index (χ0) is 26.7. The fraction of sp³-hybridized carbons (Fsp3) is 0.423. The summed E-state index contributed by atoms with van der Waals surface area (Å²) in [5, 5.41) is 16.9. The zero-order valence-corrected chi connectivity index (χ0v) is 22.3. The molecule has 0 saturated heterocycles. The fourth-order valence-electron chi connectivity index (χ4n) is 4.95. The first-order valence-corrected chi connectivity index (χ1v) is 14.1. The molecule has 0 unspecified atom stereocenters. The van der Waals surface area contributed by atoms with Crippen molar-refractivity contribution in [1.29, 1.82) is 0 Å². The molecule has 198 valence electrons. The van der Waals surface area contributed by atoms with Crippen molar-refractivity contribution in [2.24, 2.45) is 7.05 Å². The summed E-state index contributed by atoms with van der Waals surface area (Å²) in [4.78, 5) is 10.7. The minimum Gasteiger partial charge on any atom is -0.380 e. The Balaban J connectivity index is 1.32. The Labute approximate surface area is 220 Å². The first kappa shape index (κ1) is 24.8. The van der Waals surface area contributed by atoms with Crippen molar-refractivity contribution in [1.82, 2.24) is 34.9 Å². The molecule has 3 heterocycles. The lowest BCUT2D eigenvalue weighted by Gasteiger charge is -2.18. The number of nitrogens with one attached hydrogen (secondary N) is 2. The van der Waals surface area contributed by atoms with E-state index >= 15 is 0 Å². The number of rotatable bonds is 8. The maximum atomic E-state index is 14.3. The Hall–Kier alpha value is -3.51. The molecule has 4 aromatic rings. The Kier molecular flexibility index (Phi) is 5.91. The van der Waals surface area contributed by atoms with E-state index in [0.29, 0.717) is 35.7 Å². The standard InChI is InChI=1S/C26H29FN8O2S/c1-26(2,27)14-30-38(36,37)24-20-10-19(31-18-6-7-22(29-13-18)25-32-34-35(3)33-25)9-16(20)8-17-12-28-23(11-21(17)24)15-4-5-15/h6-8,11-13,15,19,30-31H,4-5,9-10,14H2,1-3H3/t19-/m1/s1. The van der Waals surface area contributed by atoms with E-state index in [1.54, 1.807) is 19.4 Å². The van der Waals surface area contributed by atoms with Crippen LogP contribution in [0.25, 0.3) is 22.3 Å². The molecular formula is C26H29FN8O2S. The Bertz CT molecular complexity index is 1630. The lowest BCUT2D eigenvalue weighted by molar-refractivity contribution is 0.221. The number of fused-ring (bicyclic) bond motifs is 2. The third-order valence-corrected chi connectivity index (χ3v) is 8.46. The molecule has 2 aliphatic rings. The molecule has 6 rings (SSSR count). The van der Waals surface area contributed by atoms with Gasteiger partial charge in [0.15, 0.2) is 0 Å². The smallest absolute Gasteiger partial charge is 0.241 e. The molecule has 1 saturated carbocycles. The van der Waals surface area contributed by atoms with Gasteiger partial charge in [-0.2, -0.15) is 4.80 Å². The van der Waals surface area contributed by atoms with Crippen LogP contribution < -0.4 is 10.0 Å². The number of aryl methyl sites for hydroxylation is 1. The van der Waals surface area contributed by atoms with Crippen LogP contribution in [0.5, 0.6) is 0 Å². The van der Waals surface area contributed by atoms with Gasteiger partial charge < -0.3 is 5.32 Å². The molecule has 0 spiro atoms. The van der Waals surface area contributed by atoms with Crippen LogP contribution in [0.3, 0.4) is 0 Å². The van der Waals surface area contributed by atoms with Gasteiger partial charge in [0.05, 0.1) is 23.8 Å². The molecule has 3 aromatic heterocycles. The summed E-state index contributed by atoms with van der Waals surface area (Å²) in [6.45, 7) is 2.41. The van der Waals surface area contributed by atoms with Gasteiger partial charge in [-0.25, -0.2) is 17.5 Å². The molecule has 0 amide bonds. The summed E-state index contributed by atoms with van der Waals surface area (Å²) in [6.07, 6.45) is 6.75. The Morgan fingerprint density at radius 3 is 2.61 bits per heavy atom. The van der Waals surface area contributed by atoms with Gasteiger partial charge in [-0.05, 0) is 80.1 Å². The van der Waals surface area contributed by atoms with Gasteiger partial charge in [-0.15, -0.1) is 10.2 Å². The highest BCUT2D eigenvalue weighted by Gasteiger charge is 2.33. The van der Waals surface area contributed by atoms with E-state index in [4.69, 9.17) is 0 Å². The number of alkyl halides is 1. The van der Waals surface area contributed by atoms with Crippen molar-refractivity contribution in [2.75, 3.05) is 11.9 Å². The summed E-state index contributed by atoms with van der Waals surface area (Å²) >= 11 is 0. The third-order valence-electron chi connectivity index (χ3n) is 6.93. The largest absolute Gasteiger partial charge is 0.380 e. The van der Waals surface area contributed by atoms with Crippen LogP contribution in [-0.2, 0) is 29.9 Å². The van der Waals surface area contributed by atoms with Crippen molar-refractivity contribution < 1.29 is 12.8 Å². The van der Waals surface area contributed by atoms with Crippen molar-refractivity contribution in [2.45, 2.75) is 62.1 Å². The molecule has 0 bridgehead atoms. The average molecular weight is 537 g/mol. The van der Waals surface area contributed by atoms with Crippen LogP contribution in [0, 0.1) is 0 Å². The van der Waals surface area contributed by atoms with E-state index in [-0.39, 0.29) is 17.5 Å². The lowest BCUT2D eigenvalue weighted by Crippen LogP contribution is -2.36. The molecule has 1 atom stereocenters. The van der Waals surface area contributed by atoms with Gasteiger partial charge in [-0.1, -0.05) is 0 Å². The first-order chi connectivity index (χ1) is 18.1. The number of benzene rings is 1. The molecule has 1 aromatic carbocycles. The molecule has 0 aliphatic heterocycles. The molecule has 0 radical (unpaired) electrons. The van der Waals surface area contributed by atoms with Gasteiger partial charge in [0.2, 0.25) is 15.8 Å². The Morgan fingerprint density at radius 1 is 1.13 bits per heavy atom. The lowest BCUT2D eigenvalue weighted by atomic mass is 10.0. The first-order valence-electron chi connectivity index (χ1n) is 12.7. The molecule has 38 heavy (non-hydrogen) atoms. The second kappa shape index (κ2) is 9.05. The van der Waals surface area contributed by atoms with E-state index < -0.39 is 15.7 Å². The monoisotopic (exact) mass is 536 g/mol. The van der Waals surface area contributed by atoms with Crippen LogP contribution >= 0.6 is 0 Å². The zero-order valence-electron chi connectivity index (χ0n) is 21.4. The van der Waals surface area contributed by atoms with Gasteiger partial charge in [-0.3, -0.25) is 9.97 Å². The van der Waals surface area contributed by atoms with Gasteiger partial charge in [0.1, 0.15) is 11.4 Å². The molecule has 2 N–H and O–H groups in total. The number of sulfonamides is 1. The van der Waals surface area contributed by atoms with E-state index in [2.05, 4.69) is 35.4 Å². The maximum Gasteiger partial charge on any atom is 0.241 e. The SMILES string of the molecule is Cn1nnc(-c2ccc(N[C@@H]3Cc4cc5cnc(C6CC6)cc5c(S(=O)(=O)NCC(C)(C)F)c4C3)cn2)n1. The third kappa shape index (κ3) is 4.97. The van der Waals surface area contributed by atoms with Crippen LogP contribution in [0.2, 0.25) is 0 Å². The van der Waals surface area contributed by atoms with Crippen LogP contribution in [0.15, 0.2) is 41.6 Å². The number of aromatic nitrogens is 6. The highest BCUT2D eigenvalue weighted by atomic mass is 32.2. The quantitative estimate of drug-likeness (QED) is 0.351. The van der Waals surface area contributed by atoms with Gasteiger partial charge >= 0.3 is 0 Å². The van der Waals surface area contributed by atoms with Gasteiger partial charge in [0, 0.05) is 41.2 Å². The minimum atomic E-state index is -3.98. The summed E-state index contributed by atoms with van der Waals surface area (Å²) in [5.74, 6) is 0.819. The molecule has 1 fully saturated rings. The number of halogens is 1. The topological polar surface area (TPSA) is 128 Å². The van der Waals surface area contributed by atoms with E-state index in [1.165, 1.54) is 18.6 Å². The van der Waals surface area contributed by atoms with Gasteiger partial charge in [0.25, 0.3) is 0 Å². The van der Waals surface area contributed by atoms with Crippen molar-refractivity contribution >= 4 is 26.5 Å². The fourth-order valence-corrected chi connectivity index (χ4v) is 6.63. The number of pyridine rings is 2. The average Bonchev–Trinajstić information content (AvgIpc) is 3.51.